The van der Waals surface area contributed by atoms with E-state index in [4.69, 9.17) is 18.6 Å². The molecule has 1 aliphatic rings. The number of ether oxygens (including phenoxy) is 3. The van der Waals surface area contributed by atoms with Crippen LogP contribution >= 0.6 is 0 Å². The Hall–Kier alpha value is -4.18. The molecular formula is C28H32N2O8. The molecule has 2 aromatic carbocycles. The summed E-state index contributed by atoms with van der Waals surface area (Å²) in [5, 5.41) is 20.7. The van der Waals surface area contributed by atoms with Crippen LogP contribution in [0.2, 0.25) is 0 Å². The number of nitrogens with zero attached hydrogens (tertiary/aromatic N) is 2. The van der Waals surface area contributed by atoms with E-state index in [0.29, 0.717) is 17.9 Å². The third-order valence-corrected chi connectivity index (χ3v) is 6.71. The fourth-order valence-electron chi connectivity index (χ4n) is 4.57. The summed E-state index contributed by atoms with van der Waals surface area (Å²) in [5.74, 6) is -0.711. The molecule has 2 N–H and O–H groups in total. The zero-order chi connectivity index (χ0) is 27.2. The van der Waals surface area contributed by atoms with Crippen molar-refractivity contribution in [3.63, 3.8) is 0 Å². The van der Waals surface area contributed by atoms with Gasteiger partial charge >= 0.3 is 5.97 Å². The third kappa shape index (κ3) is 6.03. The number of piperazine rings is 1. The van der Waals surface area contributed by atoms with Gasteiger partial charge in [-0.25, -0.2) is 0 Å². The molecule has 1 aliphatic heterocycles. The molecule has 0 spiro atoms. The highest BCUT2D eigenvalue weighted by Gasteiger charge is 2.28. The Kier molecular flexibility index (Phi) is 8.42. The average Bonchev–Trinajstić information content (AvgIpc) is 2.94. The molecule has 38 heavy (non-hydrogen) atoms. The molecule has 1 aromatic heterocycles. The Labute approximate surface area is 220 Å². The van der Waals surface area contributed by atoms with Crippen LogP contribution in [0.15, 0.2) is 57.7 Å². The highest BCUT2D eigenvalue weighted by molar-refractivity contribution is 5.71. The highest BCUT2D eigenvalue weighted by Crippen LogP contribution is 2.37. The van der Waals surface area contributed by atoms with E-state index in [-0.39, 0.29) is 23.7 Å². The molecule has 4 rings (SSSR count). The van der Waals surface area contributed by atoms with Gasteiger partial charge in [0.15, 0.2) is 17.3 Å². The number of phenols is 1. The maximum Gasteiger partial charge on any atom is 0.306 e. The number of aromatic hydroxyl groups is 2. The number of carbonyl (C=O) groups is 1. The lowest BCUT2D eigenvalue weighted by Gasteiger charge is -2.36. The van der Waals surface area contributed by atoms with Crippen molar-refractivity contribution in [2.45, 2.75) is 18.9 Å². The van der Waals surface area contributed by atoms with E-state index < -0.39 is 23.1 Å². The number of methoxy groups -OCH3 is 3. The maximum absolute atomic E-state index is 12.7. The van der Waals surface area contributed by atoms with Gasteiger partial charge in [-0.2, -0.15) is 0 Å². The van der Waals surface area contributed by atoms with Gasteiger partial charge in [-0.05, 0) is 42.0 Å². The van der Waals surface area contributed by atoms with Gasteiger partial charge in [-0.3, -0.25) is 14.5 Å². The van der Waals surface area contributed by atoms with Crippen LogP contribution in [0, 0.1) is 0 Å². The predicted molar refractivity (Wildman–Crippen MR) is 140 cm³/mol. The predicted octanol–water partition coefficient (Wildman–Crippen LogP) is 3.09. The topological polar surface area (TPSA) is 122 Å². The minimum Gasteiger partial charge on any atom is -0.504 e. The Morgan fingerprint density at radius 3 is 2.32 bits per heavy atom. The van der Waals surface area contributed by atoms with Gasteiger partial charge in [-0.15, -0.1) is 0 Å². The van der Waals surface area contributed by atoms with Crippen LogP contribution in [0.3, 0.4) is 0 Å². The monoisotopic (exact) mass is 524 g/mol. The summed E-state index contributed by atoms with van der Waals surface area (Å²) in [6.45, 7) is 3.43. The summed E-state index contributed by atoms with van der Waals surface area (Å²) in [5.41, 5.74) is 1.02. The van der Waals surface area contributed by atoms with Gasteiger partial charge in [0, 0.05) is 37.9 Å². The first-order valence-electron chi connectivity index (χ1n) is 12.2. The number of anilines is 1. The summed E-state index contributed by atoms with van der Waals surface area (Å²) >= 11 is 0. The SMILES string of the molecule is COC(=O)C[C@H](c1ccc(O)c(OC)c1)c1oc(CN2CCN(c3ccc(OC)cc3)CC2)cc(=O)c1O. The molecule has 1 saturated heterocycles. The second kappa shape index (κ2) is 11.9. The summed E-state index contributed by atoms with van der Waals surface area (Å²) in [6, 6.07) is 13.7. The molecule has 10 heteroatoms. The van der Waals surface area contributed by atoms with Gasteiger partial charge in [0.05, 0.1) is 40.2 Å². The second-order valence-corrected chi connectivity index (χ2v) is 9.02. The van der Waals surface area contributed by atoms with Crippen LogP contribution in [-0.2, 0) is 16.1 Å². The Balaban J connectivity index is 1.55. The van der Waals surface area contributed by atoms with E-state index in [9.17, 15) is 19.8 Å². The zero-order valence-corrected chi connectivity index (χ0v) is 21.7. The van der Waals surface area contributed by atoms with Crippen molar-refractivity contribution in [2.75, 3.05) is 52.4 Å². The summed E-state index contributed by atoms with van der Waals surface area (Å²) in [6.07, 6.45) is -0.190. The quantitative estimate of drug-likeness (QED) is 0.404. The highest BCUT2D eigenvalue weighted by atomic mass is 16.5. The van der Waals surface area contributed by atoms with Crippen molar-refractivity contribution in [2.24, 2.45) is 0 Å². The number of benzene rings is 2. The molecule has 1 fully saturated rings. The van der Waals surface area contributed by atoms with Crippen LogP contribution in [0.1, 0.15) is 29.4 Å². The van der Waals surface area contributed by atoms with Crippen LogP contribution < -0.4 is 19.8 Å². The van der Waals surface area contributed by atoms with Gasteiger partial charge < -0.3 is 33.7 Å². The molecule has 10 nitrogen and oxygen atoms in total. The van der Waals surface area contributed by atoms with Crippen molar-refractivity contribution in [1.29, 1.82) is 0 Å². The van der Waals surface area contributed by atoms with Gasteiger partial charge in [0.1, 0.15) is 11.5 Å². The maximum atomic E-state index is 12.7. The van der Waals surface area contributed by atoms with Gasteiger partial charge in [0.2, 0.25) is 11.2 Å². The lowest BCUT2D eigenvalue weighted by atomic mass is 9.92. The zero-order valence-electron chi connectivity index (χ0n) is 21.7. The molecule has 202 valence electrons. The molecule has 0 saturated carbocycles. The van der Waals surface area contributed by atoms with Crippen molar-refractivity contribution in [1.82, 2.24) is 4.90 Å². The van der Waals surface area contributed by atoms with E-state index in [2.05, 4.69) is 9.80 Å². The largest absolute Gasteiger partial charge is 0.504 e. The number of hydrogen-bond acceptors (Lipinski definition) is 10. The number of phenolic OH excluding ortho intramolecular Hbond substituents is 1. The minimum atomic E-state index is -0.837. The van der Waals surface area contributed by atoms with Gasteiger partial charge in [-0.1, -0.05) is 6.07 Å². The van der Waals surface area contributed by atoms with Crippen LogP contribution in [0.4, 0.5) is 5.69 Å². The lowest BCUT2D eigenvalue weighted by molar-refractivity contribution is -0.140. The van der Waals surface area contributed by atoms with Crippen molar-refractivity contribution in [3.8, 4) is 23.0 Å². The number of carbonyl (C=O) groups excluding carboxylic acids is 1. The Morgan fingerprint density at radius 2 is 1.68 bits per heavy atom. The first kappa shape index (κ1) is 26.9. The van der Waals surface area contributed by atoms with Crippen LogP contribution in [-0.4, -0.2) is 68.6 Å². The first-order valence-corrected chi connectivity index (χ1v) is 12.2. The first-order chi connectivity index (χ1) is 18.3. The summed E-state index contributed by atoms with van der Waals surface area (Å²) in [4.78, 5) is 29.4. The number of rotatable bonds is 9. The van der Waals surface area contributed by atoms with Crippen molar-refractivity contribution >= 4 is 11.7 Å². The molecule has 0 unspecified atom stereocenters. The van der Waals surface area contributed by atoms with E-state index in [1.807, 2.05) is 24.3 Å². The van der Waals surface area contributed by atoms with E-state index in [1.54, 1.807) is 13.2 Å². The molecular weight excluding hydrogens is 492 g/mol. The Bertz CT molecular complexity index is 1310. The summed E-state index contributed by atoms with van der Waals surface area (Å²) < 4.78 is 21.3. The molecule has 3 aromatic rings. The van der Waals surface area contributed by atoms with Crippen molar-refractivity contribution < 1.29 is 33.6 Å². The molecule has 1 atom stereocenters. The summed E-state index contributed by atoms with van der Waals surface area (Å²) in [7, 11) is 4.30. The smallest absolute Gasteiger partial charge is 0.306 e. The van der Waals surface area contributed by atoms with Crippen LogP contribution in [0.25, 0.3) is 0 Å². The number of esters is 1. The standard InChI is InChI=1S/C28H32N2O8/c1-35-20-7-5-19(6-8-20)30-12-10-29(11-13-30)17-21-15-24(32)27(34)28(38-21)22(16-26(33)37-3)18-4-9-23(31)25(14-18)36-2/h4-9,14-15,22,31,34H,10-13,16-17H2,1-3H3/t22-/m1/s1. The van der Waals surface area contributed by atoms with E-state index in [1.165, 1.54) is 32.4 Å². The Morgan fingerprint density at radius 1 is 0.974 bits per heavy atom. The third-order valence-electron chi connectivity index (χ3n) is 6.71. The van der Waals surface area contributed by atoms with E-state index in [0.717, 1.165) is 37.6 Å². The fourth-order valence-corrected chi connectivity index (χ4v) is 4.57. The number of hydrogen-bond donors (Lipinski definition) is 2. The molecule has 0 aliphatic carbocycles. The van der Waals surface area contributed by atoms with E-state index >= 15 is 0 Å². The molecule has 0 radical (unpaired) electrons. The van der Waals surface area contributed by atoms with Crippen molar-refractivity contribution in [3.05, 3.63) is 75.8 Å². The fraction of sp³-hybridized carbons (Fsp3) is 0.357. The molecule has 2 heterocycles. The minimum absolute atomic E-state index is 0.0393. The van der Waals surface area contributed by atoms with Crippen LogP contribution in [0.5, 0.6) is 23.0 Å². The molecule has 0 amide bonds. The normalized spacial score (nSPS) is 14.7. The lowest BCUT2D eigenvalue weighted by Crippen LogP contribution is -2.46. The second-order valence-electron chi connectivity index (χ2n) is 9.02. The van der Waals surface area contributed by atoms with Gasteiger partial charge in [0.25, 0.3) is 0 Å². The molecule has 0 bridgehead atoms. The average molecular weight is 525 g/mol.